The Morgan fingerprint density at radius 2 is 2.09 bits per heavy atom. The monoisotopic (exact) mass is 528 g/mol. The molecule has 0 unspecified atom stereocenters. The van der Waals surface area contributed by atoms with E-state index < -0.39 is 16.1 Å². The molecule has 182 valence electrons. The number of ether oxygens (including phenoxy) is 1. The molecule has 35 heavy (non-hydrogen) atoms. The number of amides is 1. The summed E-state index contributed by atoms with van der Waals surface area (Å²) in [6.45, 7) is 2.90. The van der Waals surface area contributed by atoms with Crippen LogP contribution in [0.3, 0.4) is 0 Å². The van der Waals surface area contributed by atoms with Crippen LogP contribution in [0.25, 0.3) is 10.2 Å². The first-order valence-electron chi connectivity index (χ1n) is 11.3. The molecule has 0 spiro atoms. The number of aromatic nitrogens is 2. The number of hydrogen-bond acceptors (Lipinski definition) is 8. The van der Waals surface area contributed by atoms with Crippen LogP contribution in [-0.2, 0) is 21.4 Å². The Hall–Kier alpha value is -2.86. The maximum atomic E-state index is 14.0. The Bertz CT molecular complexity index is 1420. The predicted octanol–water partition coefficient (Wildman–Crippen LogP) is 4.54. The van der Waals surface area contributed by atoms with Gasteiger partial charge in [-0.25, -0.2) is 13.4 Å². The fraction of sp³-hybridized carbons (Fsp3) is 0.292. The van der Waals surface area contributed by atoms with E-state index in [0.717, 1.165) is 16.0 Å². The Morgan fingerprint density at radius 1 is 1.20 bits per heavy atom. The van der Waals surface area contributed by atoms with Gasteiger partial charge in [0, 0.05) is 12.7 Å². The van der Waals surface area contributed by atoms with Crippen molar-refractivity contribution in [1.29, 1.82) is 0 Å². The molecule has 0 N–H and O–H groups in total. The SMILES string of the molecule is CCOc1cccc2sc(N(Cc3ccccn3)C(=O)[C@H]3CCCN3S(=O)(=O)c3cccs3)nc12. The van der Waals surface area contributed by atoms with Crippen molar-refractivity contribution in [3.63, 3.8) is 0 Å². The highest BCUT2D eigenvalue weighted by Crippen LogP contribution is 2.37. The molecule has 1 fully saturated rings. The van der Waals surface area contributed by atoms with Gasteiger partial charge in [0.25, 0.3) is 10.0 Å². The van der Waals surface area contributed by atoms with Crippen molar-refractivity contribution in [2.45, 2.75) is 36.6 Å². The lowest BCUT2D eigenvalue weighted by atomic mass is 10.2. The molecule has 8 nitrogen and oxygen atoms in total. The number of fused-ring (bicyclic) bond motifs is 1. The molecule has 0 saturated carbocycles. The molecule has 5 rings (SSSR count). The maximum Gasteiger partial charge on any atom is 0.253 e. The average Bonchev–Trinajstić information content (AvgIpc) is 3.64. The minimum Gasteiger partial charge on any atom is -0.492 e. The van der Waals surface area contributed by atoms with Gasteiger partial charge in [0.05, 0.1) is 23.5 Å². The molecule has 1 aliphatic rings. The summed E-state index contributed by atoms with van der Waals surface area (Å²) in [5.74, 6) is 0.353. The predicted molar refractivity (Wildman–Crippen MR) is 137 cm³/mol. The zero-order valence-electron chi connectivity index (χ0n) is 19.0. The minimum absolute atomic E-state index is 0.187. The second-order valence-electron chi connectivity index (χ2n) is 7.98. The normalized spacial score (nSPS) is 16.5. The van der Waals surface area contributed by atoms with E-state index >= 15 is 0 Å². The number of rotatable bonds is 8. The first kappa shape index (κ1) is 23.9. The van der Waals surface area contributed by atoms with Crippen molar-refractivity contribution in [3.8, 4) is 5.75 Å². The molecule has 0 bridgehead atoms. The van der Waals surface area contributed by atoms with Crippen LogP contribution in [0, 0.1) is 0 Å². The minimum atomic E-state index is -3.77. The summed E-state index contributed by atoms with van der Waals surface area (Å²) in [6.07, 6.45) is 2.75. The molecule has 0 radical (unpaired) electrons. The molecular weight excluding hydrogens is 504 g/mol. The van der Waals surface area contributed by atoms with Gasteiger partial charge in [-0.3, -0.25) is 14.7 Å². The molecule has 11 heteroatoms. The summed E-state index contributed by atoms with van der Waals surface area (Å²) in [5, 5.41) is 2.22. The fourth-order valence-electron chi connectivity index (χ4n) is 4.17. The smallest absolute Gasteiger partial charge is 0.253 e. The maximum absolute atomic E-state index is 14.0. The summed E-state index contributed by atoms with van der Waals surface area (Å²) in [7, 11) is -3.77. The molecule has 1 aromatic carbocycles. The van der Waals surface area contributed by atoms with Gasteiger partial charge < -0.3 is 4.74 Å². The number of hydrogen-bond donors (Lipinski definition) is 0. The van der Waals surface area contributed by atoms with Gasteiger partial charge in [-0.1, -0.05) is 29.5 Å². The van der Waals surface area contributed by atoms with E-state index in [9.17, 15) is 13.2 Å². The number of thiazole rings is 1. The van der Waals surface area contributed by atoms with Gasteiger partial charge in [-0.2, -0.15) is 4.31 Å². The van der Waals surface area contributed by atoms with Crippen LogP contribution in [0.4, 0.5) is 5.13 Å². The molecule has 1 aliphatic heterocycles. The zero-order valence-corrected chi connectivity index (χ0v) is 21.5. The topological polar surface area (TPSA) is 92.7 Å². The first-order chi connectivity index (χ1) is 17.0. The number of thiophene rings is 1. The van der Waals surface area contributed by atoms with Gasteiger partial charge in [-0.05, 0) is 55.5 Å². The van der Waals surface area contributed by atoms with Crippen molar-refractivity contribution in [2.75, 3.05) is 18.1 Å². The van der Waals surface area contributed by atoms with Crippen LogP contribution >= 0.6 is 22.7 Å². The van der Waals surface area contributed by atoms with Crippen molar-refractivity contribution in [3.05, 3.63) is 65.8 Å². The van der Waals surface area contributed by atoms with Crippen molar-refractivity contribution < 1.29 is 17.9 Å². The molecule has 0 aliphatic carbocycles. The molecule has 4 aromatic rings. The third-order valence-electron chi connectivity index (χ3n) is 5.76. The van der Waals surface area contributed by atoms with Gasteiger partial charge in [-0.15, -0.1) is 11.3 Å². The lowest BCUT2D eigenvalue weighted by Crippen LogP contribution is -2.47. The Morgan fingerprint density at radius 3 is 2.83 bits per heavy atom. The average molecular weight is 529 g/mol. The Balaban J connectivity index is 1.54. The lowest BCUT2D eigenvalue weighted by Gasteiger charge is -2.28. The highest BCUT2D eigenvalue weighted by atomic mass is 32.2. The van der Waals surface area contributed by atoms with E-state index in [1.54, 1.807) is 28.6 Å². The van der Waals surface area contributed by atoms with Crippen molar-refractivity contribution >= 4 is 54.0 Å². The third-order valence-corrected chi connectivity index (χ3v) is 10.1. The van der Waals surface area contributed by atoms with E-state index in [-0.39, 0.29) is 16.7 Å². The van der Waals surface area contributed by atoms with Crippen LogP contribution in [0.1, 0.15) is 25.5 Å². The van der Waals surface area contributed by atoms with Crippen molar-refractivity contribution in [1.82, 2.24) is 14.3 Å². The van der Waals surface area contributed by atoms with E-state index in [1.165, 1.54) is 15.6 Å². The number of carbonyl (C=O) groups is 1. The summed E-state index contributed by atoms with van der Waals surface area (Å²) >= 11 is 2.54. The summed E-state index contributed by atoms with van der Waals surface area (Å²) in [5.41, 5.74) is 1.37. The van der Waals surface area contributed by atoms with Crippen LogP contribution in [-0.4, -0.2) is 47.8 Å². The molecule has 1 saturated heterocycles. The van der Waals surface area contributed by atoms with Gasteiger partial charge >= 0.3 is 0 Å². The largest absolute Gasteiger partial charge is 0.492 e. The fourth-order valence-corrected chi connectivity index (χ4v) is 7.93. The molecule has 3 aromatic heterocycles. The second-order valence-corrected chi connectivity index (χ2v) is 12.1. The van der Waals surface area contributed by atoms with Crippen LogP contribution in [0.15, 0.2) is 64.3 Å². The molecule has 4 heterocycles. The van der Waals surface area contributed by atoms with Crippen LogP contribution in [0.5, 0.6) is 5.75 Å². The number of nitrogens with zero attached hydrogens (tertiary/aromatic N) is 4. The van der Waals surface area contributed by atoms with Gasteiger partial charge in [0.2, 0.25) is 5.91 Å². The van der Waals surface area contributed by atoms with E-state index in [2.05, 4.69) is 4.98 Å². The summed E-state index contributed by atoms with van der Waals surface area (Å²) in [4.78, 5) is 24.7. The number of pyridine rings is 1. The van der Waals surface area contributed by atoms with Gasteiger partial charge in [0.1, 0.15) is 21.5 Å². The third kappa shape index (κ3) is 4.68. The van der Waals surface area contributed by atoms with Crippen molar-refractivity contribution in [2.24, 2.45) is 0 Å². The number of benzene rings is 1. The van der Waals surface area contributed by atoms with Crippen LogP contribution in [0.2, 0.25) is 0 Å². The first-order valence-corrected chi connectivity index (χ1v) is 14.4. The second kappa shape index (κ2) is 10.0. The Labute approximate surface area is 211 Å². The molecule has 1 atom stereocenters. The summed E-state index contributed by atoms with van der Waals surface area (Å²) in [6, 6.07) is 13.7. The number of anilines is 1. The van der Waals surface area contributed by atoms with Gasteiger partial charge in [0.15, 0.2) is 5.13 Å². The number of carbonyl (C=O) groups excluding carboxylic acids is 1. The molecular formula is C24H24N4O4S3. The number of sulfonamides is 1. The zero-order chi connectivity index (χ0) is 24.4. The standard InChI is InChI=1S/C24H24N4O4S3/c1-2-32-19-10-5-11-20-22(19)26-24(34-20)27(16-17-8-3-4-13-25-17)23(29)18-9-6-14-28(18)35(30,31)21-12-7-15-33-21/h3-5,7-8,10-13,15,18H,2,6,9,14,16H2,1H3/t18-/m1/s1. The summed E-state index contributed by atoms with van der Waals surface area (Å²) < 4.78 is 34.8. The van der Waals surface area contributed by atoms with Crippen LogP contribution < -0.4 is 9.64 Å². The highest BCUT2D eigenvalue weighted by molar-refractivity contribution is 7.91. The molecule has 1 amide bonds. The number of para-hydroxylation sites is 1. The highest BCUT2D eigenvalue weighted by Gasteiger charge is 2.42. The Kier molecular flexibility index (Phi) is 6.83. The lowest BCUT2D eigenvalue weighted by molar-refractivity contribution is -0.121. The van der Waals surface area contributed by atoms with E-state index in [1.807, 2.05) is 43.3 Å². The van der Waals surface area contributed by atoms with E-state index in [4.69, 9.17) is 9.72 Å². The van der Waals surface area contributed by atoms with E-state index in [0.29, 0.717) is 48.1 Å². The quantitative estimate of drug-likeness (QED) is 0.333.